The minimum atomic E-state index is 0.759. The third-order valence-electron chi connectivity index (χ3n) is 4.89. The molecular formula is C22H14Br4N4S2. The number of hydrogen-bond acceptors (Lipinski definition) is 4. The number of aromatic nitrogens is 4. The van der Waals surface area contributed by atoms with Crippen molar-refractivity contribution in [3.8, 4) is 0 Å². The Labute approximate surface area is 226 Å². The lowest BCUT2D eigenvalue weighted by atomic mass is 10.2. The fraction of sp³-hybridized carbons (Fsp3) is 0.0909. The summed E-state index contributed by atoms with van der Waals surface area (Å²) in [5.41, 5.74) is 6.38. The van der Waals surface area contributed by atoms with Crippen molar-refractivity contribution in [2.45, 2.75) is 21.8 Å². The van der Waals surface area contributed by atoms with Crippen LogP contribution in [0.25, 0.3) is 22.1 Å². The summed E-state index contributed by atoms with van der Waals surface area (Å²) in [5, 5.41) is 1.81. The van der Waals surface area contributed by atoms with Crippen LogP contribution in [0.2, 0.25) is 0 Å². The Morgan fingerprint density at radius 2 is 0.969 bits per heavy atom. The van der Waals surface area contributed by atoms with E-state index in [-0.39, 0.29) is 0 Å². The summed E-state index contributed by atoms with van der Waals surface area (Å²) in [6.45, 7) is 0. The van der Waals surface area contributed by atoms with Gasteiger partial charge >= 0.3 is 0 Å². The standard InChI is InChI=1S/C22H14Br4N4S2/c23-17-11(9-31-21-27-13-5-1-2-6-14(13)28-21)18(24)20(26)12(19(17)25)10-32-22-29-15-7-3-4-8-16(15)30-22/h1-8H,9-10H2,(H,27,28)(H,29,30). The summed E-state index contributed by atoms with van der Waals surface area (Å²) >= 11 is 18.6. The molecule has 0 saturated carbocycles. The van der Waals surface area contributed by atoms with Crippen LogP contribution in [0.3, 0.4) is 0 Å². The maximum atomic E-state index is 4.67. The van der Waals surface area contributed by atoms with E-state index in [9.17, 15) is 0 Å². The van der Waals surface area contributed by atoms with Gasteiger partial charge in [0.25, 0.3) is 0 Å². The van der Waals surface area contributed by atoms with Crippen molar-refractivity contribution in [3.63, 3.8) is 0 Å². The number of benzene rings is 3. The van der Waals surface area contributed by atoms with Crippen molar-refractivity contribution in [2.75, 3.05) is 0 Å². The van der Waals surface area contributed by atoms with E-state index in [1.165, 1.54) is 0 Å². The summed E-state index contributed by atoms with van der Waals surface area (Å²) in [5.74, 6) is 1.52. The van der Waals surface area contributed by atoms with Gasteiger partial charge in [0.05, 0.1) is 22.1 Å². The SMILES string of the molecule is Brc1c(Br)c(CSc2nc3ccccc3[nH]2)c(Br)c(Br)c1CSc1nc2ccccc2[nH]1. The maximum Gasteiger partial charge on any atom is 0.166 e. The van der Waals surface area contributed by atoms with E-state index in [1.807, 2.05) is 48.5 Å². The van der Waals surface area contributed by atoms with Gasteiger partial charge < -0.3 is 9.97 Å². The Morgan fingerprint density at radius 3 is 1.34 bits per heavy atom. The molecule has 0 fully saturated rings. The number of para-hydroxylation sites is 4. The van der Waals surface area contributed by atoms with Gasteiger partial charge in [0.2, 0.25) is 0 Å². The van der Waals surface area contributed by atoms with Crippen LogP contribution < -0.4 is 0 Å². The molecule has 10 heteroatoms. The van der Waals surface area contributed by atoms with Crippen LogP contribution in [0.5, 0.6) is 0 Å². The number of H-pyrrole nitrogens is 2. The van der Waals surface area contributed by atoms with Crippen molar-refractivity contribution >= 4 is 109 Å². The maximum absolute atomic E-state index is 4.67. The van der Waals surface area contributed by atoms with E-state index in [0.29, 0.717) is 0 Å². The largest absolute Gasteiger partial charge is 0.333 e. The summed E-state index contributed by atoms with van der Waals surface area (Å²) < 4.78 is 4.15. The Balaban J connectivity index is 1.36. The molecule has 5 rings (SSSR count). The summed E-state index contributed by atoms with van der Waals surface area (Å²) in [4.78, 5) is 16.1. The predicted octanol–water partition coefficient (Wildman–Crippen LogP) is 9.07. The zero-order valence-corrected chi connectivity index (χ0v) is 24.2. The number of fused-ring (bicyclic) bond motifs is 2. The number of imidazole rings is 2. The zero-order valence-electron chi connectivity index (χ0n) is 16.3. The molecule has 0 atom stereocenters. The van der Waals surface area contributed by atoms with Gasteiger partial charge in [0.1, 0.15) is 0 Å². The van der Waals surface area contributed by atoms with Crippen molar-refractivity contribution < 1.29 is 0 Å². The number of halogens is 4. The first-order valence-corrected chi connectivity index (χ1v) is 14.6. The molecule has 0 aliphatic carbocycles. The molecule has 0 radical (unpaired) electrons. The quantitative estimate of drug-likeness (QED) is 0.136. The summed E-state index contributed by atoms with van der Waals surface area (Å²) in [7, 11) is 0. The van der Waals surface area contributed by atoms with Gasteiger partial charge in [-0.3, -0.25) is 0 Å². The van der Waals surface area contributed by atoms with Gasteiger partial charge in [-0.25, -0.2) is 9.97 Å². The number of nitrogens with one attached hydrogen (secondary N) is 2. The minimum absolute atomic E-state index is 0.759. The van der Waals surface area contributed by atoms with Crippen LogP contribution >= 0.6 is 87.2 Å². The average molecular weight is 718 g/mol. The van der Waals surface area contributed by atoms with E-state index in [1.54, 1.807) is 23.5 Å². The molecule has 4 nitrogen and oxygen atoms in total. The molecule has 32 heavy (non-hydrogen) atoms. The van der Waals surface area contributed by atoms with E-state index in [0.717, 1.165) is 72.9 Å². The highest BCUT2D eigenvalue weighted by Gasteiger charge is 2.20. The lowest BCUT2D eigenvalue weighted by Gasteiger charge is -2.16. The second kappa shape index (κ2) is 9.84. The molecule has 3 aromatic carbocycles. The summed E-state index contributed by atoms with van der Waals surface area (Å²) in [6, 6.07) is 16.1. The molecule has 2 aromatic heterocycles. The Morgan fingerprint density at radius 1 is 0.594 bits per heavy atom. The van der Waals surface area contributed by atoms with Crippen molar-refractivity contribution in [3.05, 3.63) is 77.5 Å². The molecule has 0 unspecified atom stereocenters. The fourth-order valence-corrected chi connectivity index (χ4v) is 8.67. The minimum Gasteiger partial charge on any atom is -0.333 e. The molecule has 0 amide bonds. The topological polar surface area (TPSA) is 57.4 Å². The zero-order chi connectivity index (χ0) is 22.2. The van der Waals surface area contributed by atoms with Crippen molar-refractivity contribution in [1.29, 1.82) is 0 Å². The molecule has 0 bridgehead atoms. The monoisotopic (exact) mass is 714 g/mol. The molecule has 162 valence electrons. The van der Waals surface area contributed by atoms with Crippen LogP contribution in [0, 0.1) is 0 Å². The highest BCUT2D eigenvalue weighted by Crippen LogP contribution is 2.45. The number of hydrogen-bond donors (Lipinski definition) is 2. The second-order valence-corrected chi connectivity index (χ2v) is 12.0. The number of thioether (sulfide) groups is 2. The molecule has 5 aromatic rings. The number of aromatic amines is 2. The summed E-state index contributed by atoms with van der Waals surface area (Å²) in [6.07, 6.45) is 0. The van der Waals surface area contributed by atoms with E-state index in [4.69, 9.17) is 0 Å². The van der Waals surface area contributed by atoms with Crippen LogP contribution in [0.4, 0.5) is 0 Å². The molecule has 0 aliphatic heterocycles. The van der Waals surface area contributed by atoms with Crippen LogP contribution in [0.15, 0.2) is 76.7 Å². The van der Waals surface area contributed by atoms with E-state index >= 15 is 0 Å². The lowest BCUT2D eigenvalue weighted by Crippen LogP contribution is -1.96. The fourth-order valence-electron chi connectivity index (χ4n) is 3.25. The molecule has 2 heterocycles. The average Bonchev–Trinajstić information content (AvgIpc) is 3.41. The van der Waals surface area contributed by atoms with Gasteiger partial charge in [0, 0.05) is 29.4 Å². The first-order valence-electron chi connectivity index (χ1n) is 9.50. The first-order chi connectivity index (χ1) is 15.5. The molecule has 0 saturated heterocycles. The Bertz CT molecular complexity index is 1240. The van der Waals surface area contributed by atoms with Crippen molar-refractivity contribution in [2.24, 2.45) is 0 Å². The van der Waals surface area contributed by atoms with Gasteiger partial charge in [-0.05, 0) is 99.1 Å². The third kappa shape index (κ3) is 4.59. The number of rotatable bonds is 6. The van der Waals surface area contributed by atoms with Gasteiger partial charge in [0.15, 0.2) is 10.3 Å². The predicted molar refractivity (Wildman–Crippen MR) is 149 cm³/mol. The van der Waals surface area contributed by atoms with Gasteiger partial charge in [-0.2, -0.15) is 0 Å². The lowest BCUT2D eigenvalue weighted by molar-refractivity contribution is 1.07. The van der Waals surface area contributed by atoms with Crippen LogP contribution in [-0.4, -0.2) is 19.9 Å². The molecule has 0 spiro atoms. The van der Waals surface area contributed by atoms with Crippen LogP contribution in [0.1, 0.15) is 11.1 Å². The van der Waals surface area contributed by atoms with Crippen molar-refractivity contribution in [1.82, 2.24) is 19.9 Å². The Kier molecular flexibility index (Phi) is 7.06. The molecular weight excluding hydrogens is 704 g/mol. The van der Waals surface area contributed by atoms with Gasteiger partial charge in [-0.15, -0.1) is 0 Å². The smallest absolute Gasteiger partial charge is 0.166 e. The first kappa shape index (κ1) is 23.0. The van der Waals surface area contributed by atoms with Crippen LogP contribution in [-0.2, 0) is 11.5 Å². The van der Waals surface area contributed by atoms with E-state index in [2.05, 4.69) is 83.7 Å². The van der Waals surface area contributed by atoms with E-state index < -0.39 is 0 Å². The molecule has 0 aliphatic rings. The Hall–Kier alpha value is -0.780. The second-order valence-electron chi connectivity index (χ2n) is 6.91. The highest BCUT2D eigenvalue weighted by molar-refractivity contribution is 9.14. The third-order valence-corrected chi connectivity index (χ3v) is 11.3. The van der Waals surface area contributed by atoms with Gasteiger partial charge in [-0.1, -0.05) is 47.8 Å². The molecule has 2 N–H and O–H groups in total. The highest BCUT2D eigenvalue weighted by atomic mass is 79.9. The number of nitrogens with zero attached hydrogens (tertiary/aromatic N) is 2. The normalized spacial score (nSPS) is 11.6.